The van der Waals surface area contributed by atoms with Crippen molar-refractivity contribution in [2.75, 3.05) is 25.6 Å². The van der Waals surface area contributed by atoms with E-state index in [-0.39, 0.29) is 48.0 Å². The van der Waals surface area contributed by atoms with Crippen LogP contribution < -0.4 is 21.3 Å². The van der Waals surface area contributed by atoms with Crippen LogP contribution in [0.4, 0.5) is 0 Å². The molecular weight excluding hydrogens is 566 g/mol. The van der Waals surface area contributed by atoms with E-state index in [1.807, 2.05) is 88.4 Å². The molecule has 0 aromatic heterocycles. The number of likely N-dealkylation sites (N-methyl/N-ethyl adjacent to an activating group) is 2. The molecule has 236 valence electrons. The summed E-state index contributed by atoms with van der Waals surface area (Å²) in [6.07, 6.45) is 0.422. The van der Waals surface area contributed by atoms with Gasteiger partial charge in [0.25, 0.3) is 0 Å². The normalized spacial score (nSPS) is 14.3. The fraction of sp³-hybridized carbons (Fsp3) is 0.500. The predicted molar refractivity (Wildman–Crippen MR) is 170 cm³/mol. The van der Waals surface area contributed by atoms with Gasteiger partial charge in [-0.3, -0.25) is 24.0 Å². The zero-order chi connectivity index (χ0) is 32.2. The van der Waals surface area contributed by atoms with Crippen molar-refractivity contribution in [3.8, 4) is 0 Å². The Morgan fingerprint density at radius 1 is 0.628 bits per heavy atom. The first-order chi connectivity index (χ1) is 20.3. The van der Waals surface area contributed by atoms with Crippen LogP contribution in [0.3, 0.4) is 0 Å². The van der Waals surface area contributed by atoms with Crippen LogP contribution in [0.5, 0.6) is 0 Å². The maximum absolute atomic E-state index is 14.0. The maximum Gasteiger partial charge on any atom is 0.242 e. The quantitative estimate of drug-likeness (QED) is 0.197. The van der Waals surface area contributed by atoms with E-state index in [1.54, 1.807) is 0 Å². The first kappa shape index (κ1) is 35.5. The van der Waals surface area contributed by atoms with Gasteiger partial charge in [-0.15, -0.1) is 0 Å². The molecule has 4 atom stereocenters. The van der Waals surface area contributed by atoms with Gasteiger partial charge in [-0.05, 0) is 35.8 Å². The van der Waals surface area contributed by atoms with Gasteiger partial charge in [-0.2, -0.15) is 0 Å². The van der Waals surface area contributed by atoms with Crippen molar-refractivity contribution in [3.63, 3.8) is 0 Å². The molecule has 0 aliphatic heterocycles. The van der Waals surface area contributed by atoms with Gasteiger partial charge in [0.15, 0.2) is 0 Å². The SMILES string of the molecule is CNC(=O)[C@@H](NC(=O)[C@H](Cc1ccccc1)CS(=N)(=O)C[C@@H](Cc1ccccc1)C(=O)N[C@H](C(=O)NC)C(C)C)C(C)C. The van der Waals surface area contributed by atoms with Crippen LogP contribution in [0.15, 0.2) is 60.7 Å². The molecule has 0 spiro atoms. The van der Waals surface area contributed by atoms with E-state index >= 15 is 0 Å². The second-order valence-electron chi connectivity index (χ2n) is 11.6. The van der Waals surface area contributed by atoms with Crippen molar-refractivity contribution in [1.29, 1.82) is 4.78 Å². The Morgan fingerprint density at radius 3 is 1.23 bits per heavy atom. The fourth-order valence-corrected chi connectivity index (χ4v) is 6.87. The molecule has 11 heteroatoms. The maximum atomic E-state index is 14.0. The lowest BCUT2D eigenvalue weighted by atomic mass is 9.97. The van der Waals surface area contributed by atoms with Gasteiger partial charge in [-0.25, -0.2) is 4.21 Å². The number of hydrogen-bond donors (Lipinski definition) is 5. The number of hydrogen-bond acceptors (Lipinski definition) is 6. The van der Waals surface area contributed by atoms with Crippen molar-refractivity contribution in [2.24, 2.45) is 23.7 Å². The molecule has 2 aromatic carbocycles. The summed E-state index contributed by atoms with van der Waals surface area (Å²) in [4.78, 5) is 52.1. The zero-order valence-corrected chi connectivity index (χ0v) is 26.8. The van der Waals surface area contributed by atoms with Gasteiger partial charge < -0.3 is 21.3 Å². The van der Waals surface area contributed by atoms with Crippen LogP contribution in [0.1, 0.15) is 38.8 Å². The van der Waals surface area contributed by atoms with Crippen LogP contribution in [-0.2, 0) is 41.7 Å². The summed E-state index contributed by atoms with van der Waals surface area (Å²) in [5.41, 5.74) is 1.64. The first-order valence-electron chi connectivity index (χ1n) is 14.6. The van der Waals surface area contributed by atoms with E-state index in [1.165, 1.54) is 14.1 Å². The molecule has 0 unspecified atom stereocenters. The minimum Gasteiger partial charge on any atom is -0.357 e. The van der Waals surface area contributed by atoms with Crippen LogP contribution in [0.2, 0.25) is 0 Å². The highest BCUT2D eigenvalue weighted by atomic mass is 32.2. The standard InChI is InChI=1S/C32H47N5O5S/c1-21(2)27(31(40)34-5)36-29(38)25(17-23-13-9-7-10-14-23)19-43(33,42)20-26(18-24-15-11-8-12-16-24)30(39)37-28(22(3)4)32(41)35-6/h7-16,21-22,25-28,33H,17-20H2,1-6H3,(H,34,40)(H,35,41)(H,36,38)(H,37,39)/t25-,26-,27+,28+/m1/s1. The Labute approximate surface area is 256 Å². The number of carbonyl (C=O) groups is 4. The smallest absolute Gasteiger partial charge is 0.242 e. The molecule has 2 rings (SSSR count). The molecule has 5 N–H and O–H groups in total. The van der Waals surface area contributed by atoms with E-state index in [4.69, 9.17) is 4.78 Å². The Kier molecular flexibility index (Phi) is 13.8. The molecule has 0 bridgehead atoms. The van der Waals surface area contributed by atoms with Crippen LogP contribution in [-0.4, -0.2) is 65.5 Å². The van der Waals surface area contributed by atoms with Crippen LogP contribution in [0, 0.1) is 28.5 Å². The molecule has 43 heavy (non-hydrogen) atoms. The summed E-state index contributed by atoms with van der Waals surface area (Å²) < 4.78 is 22.9. The molecule has 0 aliphatic rings. The van der Waals surface area contributed by atoms with E-state index in [0.717, 1.165) is 11.1 Å². The minimum absolute atomic E-state index is 0.199. The zero-order valence-electron chi connectivity index (χ0n) is 26.0. The van der Waals surface area contributed by atoms with E-state index in [0.29, 0.717) is 0 Å². The Balaban J connectivity index is 2.38. The number of benzene rings is 2. The molecule has 4 amide bonds. The summed E-state index contributed by atoms with van der Waals surface area (Å²) in [5, 5.41) is 10.7. The lowest BCUT2D eigenvalue weighted by Crippen LogP contribution is -2.52. The average Bonchev–Trinajstić information content (AvgIpc) is 2.97. The molecule has 0 aliphatic carbocycles. The van der Waals surface area contributed by atoms with Crippen molar-refractivity contribution in [3.05, 3.63) is 71.8 Å². The highest BCUT2D eigenvalue weighted by Gasteiger charge is 2.33. The van der Waals surface area contributed by atoms with Crippen molar-refractivity contribution in [1.82, 2.24) is 21.3 Å². The van der Waals surface area contributed by atoms with Gasteiger partial charge in [0, 0.05) is 35.3 Å². The first-order valence-corrected chi connectivity index (χ1v) is 16.5. The summed E-state index contributed by atoms with van der Waals surface area (Å²) in [6.45, 7) is 7.26. The van der Waals surface area contributed by atoms with Gasteiger partial charge in [0.2, 0.25) is 23.6 Å². The summed E-state index contributed by atoms with van der Waals surface area (Å²) in [7, 11) is -0.509. The predicted octanol–water partition coefficient (Wildman–Crippen LogP) is 2.52. The molecule has 0 radical (unpaired) electrons. The summed E-state index contributed by atoms with van der Waals surface area (Å²) in [5.74, 6) is -4.40. The van der Waals surface area contributed by atoms with Crippen molar-refractivity contribution in [2.45, 2.75) is 52.6 Å². The van der Waals surface area contributed by atoms with Gasteiger partial charge in [0.1, 0.15) is 12.1 Å². The minimum atomic E-state index is -3.50. The highest BCUT2D eigenvalue weighted by Crippen LogP contribution is 2.19. The summed E-state index contributed by atoms with van der Waals surface area (Å²) >= 11 is 0. The molecular formula is C32H47N5O5S. The van der Waals surface area contributed by atoms with Crippen LogP contribution >= 0.6 is 0 Å². The molecule has 2 aromatic rings. The van der Waals surface area contributed by atoms with E-state index in [2.05, 4.69) is 21.3 Å². The lowest BCUT2D eigenvalue weighted by Gasteiger charge is -2.27. The Morgan fingerprint density at radius 2 is 0.953 bits per heavy atom. The highest BCUT2D eigenvalue weighted by molar-refractivity contribution is 7.92. The van der Waals surface area contributed by atoms with Gasteiger partial charge >= 0.3 is 0 Å². The van der Waals surface area contributed by atoms with Gasteiger partial charge in [-0.1, -0.05) is 88.4 Å². The Bertz CT molecular complexity index is 1220. The van der Waals surface area contributed by atoms with Crippen molar-refractivity contribution < 1.29 is 23.4 Å². The lowest BCUT2D eigenvalue weighted by molar-refractivity contribution is -0.131. The Hall–Kier alpha value is -3.73. The molecule has 0 saturated carbocycles. The fourth-order valence-electron chi connectivity index (χ4n) is 4.89. The van der Waals surface area contributed by atoms with Crippen molar-refractivity contribution >= 4 is 33.4 Å². The number of amides is 4. The third kappa shape index (κ3) is 11.5. The van der Waals surface area contributed by atoms with E-state index in [9.17, 15) is 23.4 Å². The summed E-state index contributed by atoms with van der Waals surface area (Å²) in [6, 6.07) is 16.8. The molecule has 0 heterocycles. The van der Waals surface area contributed by atoms with E-state index < -0.39 is 45.5 Å². The number of nitrogens with one attached hydrogen (secondary N) is 5. The molecule has 0 saturated heterocycles. The molecule has 10 nitrogen and oxygen atoms in total. The monoisotopic (exact) mass is 613 g/mol. The number of rotatable bonds is 16. The second kappa shape index (κ2) is 16.8. The van der Waals surface area contributed by atoms with Crippen LogP contribution in [0.25, 0.3) is 0 Å². The largest absolute Gasteiger partial charge is 0.357 e. The molecule has 0 fully saturated rings. The average molecular weight is 614 g/mol. The van der Waals surface area contributed by atoms with Gasteiger partial charge in [0.05, 0.1) is 11.8 Å². The third-order valence-corrected chi connectivity index (χ3v) is 9.20. The second-order valence-corrected chi connectivity index (χ2v) is 13.9. The number of carbonyl (C=O) groups excluding carboxylic acids is 4. The topological polar surface area (TPSA) is 157 Å². The third-order valence-electron chi connectivity index (χ3n) is 7.32.